The molecule has 112 valence electrons. The molecule has 1 N–H and O–H groups in total. The minimum absolute atomic E-state index is 0.0919. The predicted octanol–water partition coefficient (Wildman–Crippen LogP) is 2.92. The molecule has 0 atom stereocenters. The zero-order chi connectivity index (χ0) is 15.5. The lowest BCUT2D eigenvalue weighted by molar-refractivity contribution is -0.113. The molecule has 8 heteroatoms. The molecule has 2 aromatic rings. The Labute approximate surface area is 135 Å². The summed E-state index contributed by atoms with van der Waals surface area (Å²) < 4.78 is 2.68. The predicted molar refractivity (Wildman–Crippen MR) is 86.3 cm³/mol. The van der Waals surface area contributed by atoms with Gasteiger partial charge in [0.05, 0.1) is 11.3 Å². The lowest BCUT2D eigenvalue weighted by Gasteiger charge is -2.19. The van der Waals surface area contributed by atoms with Crippen molar-refractivity contribution < 1.29 is 4.79 Å². The summed E-state index contributed by atoms with van der Waals surface area (Å²) in [7, 11) is 0. The van der Waals surface area contributed by atoms with E-state index in [2.05, 4.69) is 36.8 Å². The van der Waals surface area contributed by atoms with E-state index in [1.165, 1.54) is 11.8 Å². The Hall–Kier alpha value is -1.41. The molecule has 1 aromatic carbocycles. The SMILES string of the molecule is CC(C)(C)n1nnnc1SCC(=O)Nc1ccc(Br)cc1. The van der Waals surface area contributed by atoms with Crippen LogP contribution in [0.15, 0.2) is 33.9 Å². The Kier molecular flexibility index (Phi) is 5.00. The minimum atomic E-state index is -0.214. The van der Waals surface area contributed by atoms with E-state index < -0.39 is 0 Å². The first-order valence-corrected chi connectivity index (χ1v) is 8.11. The van der Waals surface area contributed by atoms with Gasteiger partial charge in [0.2, 0.25) is 11.1 Å². The van der Waals surface area contributed by atoms with Gasteiger partial charge >= 0.3 is 0 Å². The topological polar surface area (TPSA) is 72.7 Å². The first-order chi connectivity index (χ1) is 9.86. The first kappa shape index (κ1) is 16.0. The summed E-state index contributed by atoms with van der Waals surface area (Å²) in [5, 5.41) is 15.0. The van der Waals surface area contributed by atoms with Crippen molar-refractivity contribution in [1.82, 2.24) is 20.2 Å². The number of aromatic nitrogens is 4. The summed E-state index contributed by atoms with van der Waals surface area (Å²) >= 11 is 4.67. The molecule has 0 bridgehead atoms. The van der Waals surface area contributed by atoms with Crippen molar-refractivity contribution in [3.63, 3.8) is 0 Å². The second-order valence-corrected chi connectivity index (χ2v) is 7.25. The Morgan fingerprint density at radius 2 is 2.00 bits per heavy atom. The van der Waals surface area contributed by atoms with Crippen LogP contribution in [0.25, 0.3) is 0 Å². The van der Waals surface area contributed by atoms with Crippen LogP contribution in [0.3, 0.4) is 0 Å². The van der Waals surface area contributed by atoms with E-state index in [-0.39, 0.29) is 17.2 Å². The van der Waals surface area contributed by atoms with Gasteiger partial charge in [0.25, 0.3) is 0 Å². The molecule has 1 amide bonds. The van der Waals surface area contributed by atoms with Crippen molar-refractivity contribution >= 4 is 39.3 Å². The van der Waals surface area contributed by atoms with E-state index in [4.69, 9.17) is 0 Å². The van der Waals surface area contributed by atoms with Gasteiger partial charge in [-0.15, -0.1) is 5.10 Å². The molecule has 1 aromatic heterocycles. The third-order valence-corrected chi connectivity index (χ3v) is 3.98. The number of anilines is 1. The van der Waals surface area contributed by atoms with E-state index in [1.54, 1.807) is 4.68 Å². The Bertz CT molecular complexity index is 620. The van der Waals surface area contributed by atoms with E-state index in [9.17, 15) is 4.79 Å². The molecule has 0 unspecified atom stereocenters. The van der Waals surface area contributed by atoms with Gasteiger partial charge in [-0.05, 0) is 55.5 Å². The lowest BCUT2D eigenvalue weighted by Crippen LogP contribution is -2.24. The summed E-state index contributed by atoms with van der Waals surface area (Å²) in [6.07, 6.45) is 0. The maximum absolute atomic E-state index is 11.9. The van der Waals surface area contributed by atoms with Crippen molar-refractivity contribution in [1.29, 1.82) is 0 Å². The maximum Gasteiger partial charge on any atom is 0.234 e. The molecule has 2 rings (SSSR count). The van der Waals surface area contributed by atoms with Gasteiger partial charge in [0, 0.05) is 10.2 Å². The number of nitrogens with one attached hydrogen (secondary N) is 1. The van der Waals surface area contributed by atoms with Crippen molar-refractivity contribution in [3.05, 3.63) is 28.7 Å². The highest BCUT2D eigenvalue weighted by atomic mass is 79.9. The average Bonchev–Trinajstić information content (AvgIpc) is 2.87. The number of amides is 1. The molecule has 0 saturated carbocycles. The smallest absolute Gasteiger partial charge is 0.234 e. The summed E-state index contributed by atoms with van der Waals surface area (Å²) in [5.74, 6) is 0.165. The van der Waals surface area contributed by atoms with E-state index >= 15 is 0 Å². The Morgan fingerprint density at radius 3 is 2.62 bits per heavy atom. The summed E-state index contributed by atoms with van der Waals surface area (Å²) in [6.45, 7) is 6.03. The van der Waals surface area contributed by atoms with Crippen molar-refractivity contribution in [3.8, 4) is 0 Å². The molecule has 0 aliphatic heterocycles. The third-order valence-electron chi connectivity index (χ3n) is 2.54. The number of carbonyl (C=O) groups is 1. The number of hydrogen-bond acceptors (Lipinski definition) is 5. The molecule has 0 aliphatic carbocycles. The van der Waals surface area contributed by atoms with E-state index in [1.807, 2.05) is 45.0 Å². The molecule has 1 heterocycles. The van der Waals surface area contributed by atoms with Crippen LogP contribution in [0.5, 0.6) is 0 Å². The molecule has 0 aliphatic rings. The largest absolute Gasteiger partial charge is 0.325 e. The maximum atomic E-state index is 11.9. The van der Waals surface area contributed by atoms with Crippen LogP contribution >= 0.6 is 27.7 Å². The average molecular weight is 370 g/mol. The normalized spacial score (nSPS) is 11.4. The first-order valence-electron chi connectivity index (χ1n) is 6.33. The van der Waals surface area contributed by atoms with Gasteiger partial charge in [-0.3, -0.25) is 4.79 Å². The fourth-order valence-electron chi connectivity index (χ4n) is 1.55. The van der Waals surface area contributed by atoms with Crippen molar-refractivity contribution in [2.75, 3.05) is 11.1 Å². The van der Waals surface area contributed by atoms with Crippen LogP contribution in [-0.2, 0) is 10.3 Å². The standard InChI is InChI=1S/C13H16BrN5OS/c1-13(2,3)19-12(16-17-18-19)21-8-11(20)15-10-6-4-9(14)5-7-10/h4-7H,8H2,1-3H3,(H,15,20). The number of thioether (sulfide) groups is 1. The van der Waals surface area contributed by atoms with Gasteiger partial charge in [0.15, 0.2) is 0 Å². The highest BCUT2D eigenvalue weighted by Crippen LogP contribution is 2.21. The molecular formula is C13H16BrN5OS. The highest BCUT2D eigenvalue weighted by Gasteiger charge is 2.20. The van der Waals surface area contributed by atoms with Gasteiger partial charge in [-0.1, -0.05) is 27.7 Å². The van der Waals surface area contributed by atoms with Crippen molar-refractivity contribution in [2.24, 2.45) is 0 Å². The molecule has 21 heavy (non-hydrogen) atoms. The number of tetrazole rings is 1. The molecular weight excluding hydrogens is 354 g/mol. The number of carbonyl (C=O) groups excluding carboxylic acids is 1. The molecule has 0 saturated heterocycles. The Morgan fingerprint density at radius 1 is 1.33 bits per heavy atom. The van der Waals surface area contributed by atoms with Crippen LogP contribution in [0.4, 0.5) is 5.69 Å². The number of hydrogen-bond donors (Lipinski definition) is 1. The van der Waals surface area contributed by atoms with Crippen LogP contribution < -0.4 is 5.32 Å². The molecule has 0 spiro atoms. The number of nitrogens with zero attached hydrogens (tertiary/aromatic N) is 4. The zero-order valence-electron chi connectivity index (χ0n) is 12.0. The lowest BCUT2D eigenvalue weighted by atomic mass is 10.1. The molecule has 0 fully saturated rings. The third kappa shape index (κ3) is 4.53. The van der Waals surface area contributed by atoms with Crippen LogP contribution in [0.2, 0.25) is 0 Å². The fraction of sp³-hybridized carbons (Fsp3) is 0.385. The quantitative estimate of drug-likeness (QED) is 0.838. The van der Waals surface area contributed by atoms with Crippen LogP contribution in [-0.4, -0.2) is 31.9 Å². The monoisotopic (exact) mass is 369 g/mol. The van der Waals surface area contributed by atoms with Crippen molar-refractivity contribution in [2.45, 2.75) is 31.5 Å². The highest BCUT2D eigenvalue weighted by molar-refractivity contribution is 9.10. The summed E-state index contributed by atoms with van der Waals surface area (Å²) in [6, 6.07) is 7.43. The van der Waals surface area contributed by atoms with Gasteiger partial charge in [-0.2, -0.15) is 0 Å². The summed E-state index contributed by atoms with van der Waals surface area (Å²) in [5.41, 5.74) is 0.549. The zero-order valence-corrected chi connectivity index (χ0v) is 14.4. The van der Waals surface area contributed by atoms with E-state index in [0.717, 1.165) is 10.2 Å². The molecule has 0 radical (unpaired) electrons. The summed E-state index contributed by atoms with van der Waals surface area (Å²) in [4.78, 5) is 11.9. The fourth-order valence-corrected chi connectivity index (χ4v) is 2.67. The Balaban J connectivity index is 1.93. The number of rotatable bonds is 4. The number of halogens is 1. The van der Waals surface area contributed by atoms with Gasteiger partial charge < -0.3 is 5.32 Å². The van der Waals surface area contributed by atoms with Crippen LogP contribution in [0.1, 0.15) is 20.8 Å². The minimum Gasteiger partial charge on any atom is -0.325 e. The second-order valence-electron chi connectivity index (χ2n) is 5.39. The van der Waals surface area contributed by atoms with Gasteiger partial charge in [0.1, 0.15) is 0 Å². The van der Waals surface area contributed by atoms with E-state index in [0.29, 0.717) is 5.16 Å². The van der Waals surface area contributed by atoms with Gasteiger partial charge in [-0.25, -0.2) is 4.68 Å². The van der Waals surface area contributed by atoms with Crippen LogP contribution in [0, 0.1) is 0 Å². The number of benzene rings is 1. The second kappa shape index (κ2) is 6.57. The molecule has 6 nitrogen and oxygen atoms in total.